The van der Waals surface area contributed by atoms with Gasteiger partial charge in [-0.15, -0.1) is 0 Å². The average molecular weight is 319 g/mol. The van der Waals surface area contributed by atoms with Gasteiger partial charge >= 0.3 is 5.97 Å². The predicted molar refractivity (Wildman–Crippen MR) is 87.5 cm³/mol. The fourth-order valence-corrected chi connectivity index (χ4v) is 2.96. The van der Waals surface area contributed by atoms with Gasteiger partial charge in [0.1, 0.15) is 5.75 Å². The highest BCUT2D eigenvalue weighted by Crippen LogP contribution is 2.31. The van der Waals surface area contributed by atoms with Crippen LogP contribution in [0.2, 0.25) is 0 Å². The molecule has 0 bridgehead atoms. The summed E-state index contributed by atoms with van der Waals surface area (Å²) in [6.07, 6.45) is 1.83. The lowest BCUT2D eigenvalue weighted by Crippen LogP contribution is -2.36. The number of rotatable bonds is 5. The van der Waals surface area contributed by atoms with Crippen LogP contribution in [0.5, 0.6) is 5.75 Å². The lowest BCUT2D eigenvalue weighted by Gasteiger charge is -2.22. The number of ether oxygens (including phenoxy) is 1. The highest BCUT2D eigenvalue weighted by molar-refractivity contribution is 5.78. The lowest BCUT2D eigenvalue weighted by molar-refractivity contribution is -0.141. The number of benzene rings is 1. The number of para-hydroxylation sites is 1. The van der Waals surface area contributed by atoms with Gasteiger partial charge in [-0.25, -0.2) is 0 Å². The van der Waals surface area contributed by atoms with Crippen LogP contribution in [-0.4, -0.2) is 29.6 Å². The molecule has 5 heteroatoms. The van der Waals surface area contributed by atoms with E-state index in [9.17, 15) is 9.59 Å². The second-order valence-electron chi connectivity index (χ2n) is 7.15. The van der Waals surface area contributed by atoms with Crippen molar-refractivity contribution in [2.24, 2.45) is 5.92 Å². The van der Waals surface area contributed by atoms with Crippen molar-refractivity contribution >= 4 is 11.9 Å². The van der Waals surface area contributed by atoms with E-state index in [1.807, 2.05) is 24.3 Å². The fourth-order valence-electron chi connectivity index (χ4n) is 2.96. The van der Waals surface area contributed by atoms with E-state index in [1.165, 1.54) is 0 Å². The second-order valence-corrected chi connectivity index (χ2v) is 7.15. The first kappa shape index (κ1) is 17.3. The molecule has 1 amide bonds. The van der Waals surface area contributed by atoms with Crippen LogP contribution in [0.15, 0.2) is 24.3 Å². The summed E-state index contributed by atoms with van der Waals surface area (Å²) < 4.78 is 5.68. The van der Waals surface area contributed by atoms with E-state index in [1.54, 1.807) is 0 Å². The van der Waals surface area contributed by atoms with Gasteiger partial charge in [-0.2, -0.15) is 0 Å². The molecule has 0 spiro atoms. The Kier molecular flexibility index (Phi) is 5.29. The van der Waals surface area contributed by atoms with E-state index >= 15 is 0 Å². The summed E-state index contributed by atoms with van der Waals surface area (Å²) in [6, 6.07) is 7.64. The number of carboxylic acids is 1. The van der Waals surface area contributed by atoms with E-state index in [0.717, 1.165) is 5.56 Å². The molecule has 0 saturated heterocycles. The van der Waals surface area contributed by atoms with Gasteiger partial charge in [-0.05, 0) is 36.3 Å². The van der Waals surface area contributed by atoms with Crippen molar-refractivity contribution in [3.8, 4) is 5.75 Å². The summed E-state index contributed by atoms with van der Waals surface area (Å²) in [5.74, 6) is -0.616. The third kappa shape index (κ3) is 4.71. The van der Waals surface area contributed by atoms with Gasteiger partial charge in [0.05, 0.1) is 5.92 Å². The smallest absolute Gasteiger partial charge is 0.306 e. The molecule has 0 aromatic heterocycles. The minimum absolute atomic E-state index is 0.0542. The quantitative estimate of drug-likeness (QED) is 0.875. The highest BCUT2D eigenvalue weighted by atomic mass is 16.5. The Labute approximate surface area is 137 Å². The molecule has 2 atom stereocenters. The van der Waals surface area contributed by atoms with Crippen molar-refractivity contribution in [3.05, 3.63) is 29.8 Å². The minimum atomic E-state index is -0.780. The number of carbonyl (C=O) groups excluding carboxylic acids is 1. The monoisotopic (exact) mass is 319 g/mol. The molecule has 0 unspecified atom stereocenters. The number of hydrogen-bond donors (Lipinski definition) is 2. The Balaban J connectivity index is 1.87. The predicted octanol–water partition coefficient (Wildman–Crippen LogP) is 2.73. The number of aliphatic carboxylic acids is 1. The Morgan fingerprint density at radius 2 is 1.96 bits per heavy atom. The zero-order valence-electron chi connectivity index (χ0n) is 14.0. The van der Waals surface area contributed by atoms with Crippen molar-refractivity contribution in [1.29, 1.82) is 0 Å². The maximum Gasteiger partial charge on any atom is 0.306 e. The van der Waals surface area contributed by atoms with Gasteiger partial charge in [0.2, 0.25) is 0 Å². The molecule has 126 valence electrons. The molecule has 23 heavy (non-hydrogen) atoms. The zero-order valence-corrected chi connectivity index (χ0v) is 14.0. The van der Waals surface area contributed by atoms with Crippen LogP contribution in [0.1, 0.15) is 45.6 Å². The number of nitrogens with one attached hydrogen (secondary N) is 1. The van der Waals surface area contributed by atoms with E-state index in [-0.39, 0.29) is 29.9 Å². The van der Waals surface area contributed by atoms with Crippen LogP contribution in [0.25, 0.3) is 0 Å². The molecule has 1 aliphatic carbocycles. The van der Waals surface area contributed by atoms with E-state index in [2.05, 4.69) is 26.1 Å². The second kappa shape index (κ2) is 7.02. The largest absolute Gasteiger partial charge is 0.483 e. The summed E-state index contributed by atoms with van der Waals surface area (Å²) in [4.78, 5) is 23.0. The Hall–Kier alpha value is -2.04. The van der Waals surface area contributed by atoms with Crippen LogP contribution in [0.3, 0.4) is 0 Å². The van der Waals surface area contributed by atoms with Crippen molar-refractivity contribution in [2.75, 3.05) is 6.61 Å². The first-order chi connectivity index (χ1) is 10.8. The number of carbonyl (C=O) groups is 2. The summed E-state index contributed by atoms with van der Waals surface area (Å²) in [5.41, 5.74) is 0.993. The molecule has 5 nitrogen and oxygen atoms in total. The zero-order chi connectivity index (χ0) is 17.0. The first-order valence-corrected chi connectivity index (χ1v) is 8.02. The number of hydrogen-bond acceptors (Lipinski definition) is 3. The van der Waals surface area contributed by atoms with Gasteiger partial charge in [0, 0.05) is 6.04 Å². The molecule has 1 aromatic rings. The number of carboxylic acid groups (broad SMARTS) is 1. The lowest BCUT2D eigenvalue weighted by atomic mass is 9.86. The maximum atomic E-state index is 12.0. The molecule has 2 N–H and O–H groups in total. The number of amides is 1. The van der Waals surface area contributed by atoms with Gasteiger partial charge < -0.3 is 15.2 Å². The third-order valence-corrected chi connectivity index (χ3v) is 4.20. The minimum Gasteiger partial charge on any atom is -0.483 e. The van der Waals surface area contributed by atoms with Crippen LogP contribution < -0.4 is 10.1 Å². The first-order valence-electron chi connectivity index (χ1n) is 8.02. The van der Waals surface area contributed by atoms with Crippen LogP contribution in [-0.2, 0) is 15.0 Å². The summed E-state index contributed by atoms with van der Waals surface area (Å²) in [6.45, 7) is 6.24. The molecule has 0 radical (unpaired) electrons. The molecule has 1 saturated carbocycles. The SMILES string of the molecule is CC(C)(C)c1ccccc1OCC(=O)N[C@@H]1CC[C@H](C(=O)O)C1. The van der Waals surface area contributed by atoms with Crippen LogP contribution >= 0.6 is 0 Å². The molecule has 0 aliphatic heterocycles. The van der Waals surface area contributed by atoms with Crippen molar-refractivity contribution in [2.45, 2.75) is 51.5 Å². The Morgan fingerprint density at radius 1 is 1.26 bits per heavy atom. The molecule has 1 aliphatic rings. The molecular weight excluding hydrogens is 294 g/mol. The van der Waals surface area contributed by atoms with Crippen molar-refractivity contribution in [1.82, 2.24) is 5.32 Å². The molecule has 0 heterocycles. The van der Waals surface area contributed by atoms with Gasteiger partial charge in [-0.3, -0.25) is 9.59 Å². The standard InChI is InChI=1S/C18H25NO4/c1-18(2,3)14-6-4-5-7-15(14)23-11-16(20)19-13-9-8-12(10-13)17(21)22/h4-7,12-13H,8-11H2,1-3H3,(H,19,20)(H,21,22)/t12-,13+/m0/s1. The van der Waals surface area contributed by atoms with E-state index in [4.69, 9.17) is 9.84 Å². The Bertz CT molecular complexity index is 577. The van der Waals surface area contributed by atoms with Crippen molar-refractivity contribution in [3.63, 3.8) is 0 Å². The van der Waals surface area contributed by atoms with E-state index < -0.39 is 5.97 Å². The molecule has 1 fully saturated rings. The van der Waals surface area contributed by atoms with Crippen LogP contribution in [0, 0.1) is 5.92 Å². The molecule has 2 rings (SSSR count). The summed E-state index contributed by atoms with van der Waals surface area (Å²) in [7, 11) is 0. The normalized spacial score (nSPS) is 21.0. The highest BCUT2D eigenvalue weighted by Gasteiger charge is 2.30. The van der Waals surface area contributed by atoms with Gasteiger partial charge in [-0.1, -0.05) is 39.0 Å². The Morgan fingerprint density at radius 3 is 2.57 bits per heavy atom. The topological polar surface area (TPSA) is 75.6 Å². The third-order valence-electron chi connectivity index (χ3n) is 4.20. The average Bonchev–Trinajstić information content (AvgIpc) is 2.93. The molecule has 1 aromatic carbocycles. The fraction of sp³-hybridized carbons (Fsp3) is 0.556. The van der Waals surface area contributed by atoms with Gasteiger partial charge in [0.15, 0.2) is 6.61 Å². The van der Waals surface area contributed by atoms with Gasteiger partial charge in [0.25, 0.3) is 5.91 Å². The van der Waals surface area contributed by atoms with Crippen LogP contribution in [0.4, 0.5) is 0 Å². The molecular formula is C18H25NO4. The van der Waals surface area contributed by atoms with E-state index in [0.29, 0.717) is 25.0 Å². The summed E-state index contributed by atoms with van der Waals surface area (Å²) >= 11 is 0. The maximum absolute atomic E-state index is 12.0. The van der Waals surface area contributed by atoms with Crippen molar-refractivity contribution < 1.29 is 19.4 Å². The summed E-state index contributed by atoms with van der Waals surface area (Å²) in [5, 5.41) is 11.9.